The van der Waals surface area contributed by atoms with Gasteiger partial charge in [-0.05, 0) is 37.6 Å². The van der Waals surface area contributed by atoms with Gasteiger partial charge in [-0.15, -0.1) is 0 Å². The third-order valence-electron chi connectivity index (χ3n) is 3.20. The van der Waals surface area contributed by atoms with Crippen molar-refractivity contribution in [1.82, 2.24) is 9.71 Å². The fourth-order valence-electron chi connectivity index (χ4n) is 1.72. The van der Waals surface area contributed by atoms with Crippen LogP contribution in [0, 0.1) is 0 Å². The SMILES string of the molecule is CC[C@@H](C)S(=O)(=O)NC(=O)c1ccc2ncccc2c1. The first kappa shape index (κ1) is 14.5. The zero-order chi connectivity index (χ0) is 14.8. The topological polar surface area (TPSA) is 76.1 Å². The maximum Gasteiger partial charge on any atom is 0.264 e. The molecule has 1 atom stereocenters. The van der Waals surface area contributed by atoms with Gasteiger partial charge in [-0.1, -0.05) is 13.0 Å². The summed E-state index contributed by atoms with van der Waals surface area (Å²) in [5.74, 6) is -0.615. The van der Waals surface area contributed by atoms with Crippen LogP contribution >= 0.6 is 0 Å². The molecular formula is C14H16N2O3S. The van der Waals surface area contributed by atoms with E-state index < -0.39 is 21.2 Å². The number of hydrogen-bond acceptors (Lipinski definition) is 4. The zero-order valence-corrected chi connectivity index (χ0v) is 12.1. The lowest BCUT2D eigenvalue weighted by molar-refractivity contribution is 0.0981. The quantitative estimate of drug-likeness (QED) is 0.936. The van der Waals surface area contributed by atoms with Crippen LogP contribution in [0.1, 0.15) is 30.6 Å². The summed E-state index contributed by atoms with van der Waals surface area (Å²) in [6.45, 7) is 3.33. The summed E-state index contributed by atoms with van der Waals surface area (Å²) in [5, 5.41) is 0.190. The van der Waals surface area contributed by atoms with Crippen molar-refractivity contribution >= 4 is 26.8 Å². The van der Waals surface area contributed by atoms with E-state index in [-0.39, 0.29) is 0 Å². The van der Waals surface area contributed by atoms with Crippen molar-refractivity contribution < 1.29 is 13.2 Å². The van der Waals surface area contributed by atoms with Gasteiger partial charge in [0.05, 0.1) is 10.8 Å². The van der Waals surface area contributed by atoms with E-state index in [9.17, 15) is 13.2 Å². The molecule has 106 valence electrons. The average Bonchev–Trinajstić information content (AvgIpc) is 2.45. The minimum Gasteiger partial charge on any atom is -0.268 e. The first-order chi connectivity index (χ1) is 9.44. The summed E-state index contributed by atoms with van der Waals surface area (Å²) in [5.41, 5.74) is 1.06. The Morgan fingerprint density at radius 2 is 2.10 bits per heavy atom. The molecule has 0 bridgehead atoms. The number of carbonyl (C=O) groups excluding carboxylic acids is 1. The summed E-state index contributed by atoms with van der Waals surface area (Å²) in [4.78, 5) is 16.2. The van der Waals surface area contributed by atoms with E-state index in [0.29, 0.717) is 12.0 Å². The second-order valence-electron chi connectivity index (χ2n) is 4.61. The first-order valence-electron chi connectivity index (χ1n) is 6.35. The number of aromatic nitrogens is 1. The molecule has 2 aromatic rings. The van der Waals surface area contributed by atoms with E-state index in [0.717, 1.165) is 10.9 Å². The molecular weight excluding hydrogens is 276 g/mol. The third kappa shape index (κ3) is 2.96. The van der Waals surface area contributed by atoms with Crippen molar-refractivity contribution in [2.24, 2.45) is 0 Å². The van der Waals surface area contributed by atoms with Crippen molar-refractivity contribution in [2.45, 2.75) is 25.5 Å². The van der Waals surface area contributed by atoms with E-state index in [1.165, 1.54) is 0 Å². The standard InChI is InChI=1S/C14H16N2O3S/c1-3-10(2)20(18,19)16-14(17)12-6-7-13-11(9-12)5-4-8-15-13/h4-10H,3H2,1-2H3,(H,16,17)/t10-/m1/s1. The molecule has 6 heteroatoms. The monoisotopic (exact) mass is 292 g/mol. The molecule has 1 heterocycles. The lowest BCUT2D eigenvalue weighted by Crippen LogP contribution is -2.36. The second-order valence-corrected chi connectivity index (χ2v) is 6.70. The number of pyridine rings is 1. The van der Waals surface area contributed by atoms with E-state index in [2.05, 4.69) is 9.71 Å². The number of nitrogens with one attached hydrogen (secondary N) is 1. The number of benzene rings is 1. The van der Waals surface area contributed by atoms with E-state index in [1.807, 2.05) is 6.07 Å². The van der Waals surface area contributed by atoms with Crippen molar-refractivity contribution in [3.05, 3.63) is 42.1 Å². The summed E-state index contributed by atoms with van der Waals surface area (Å²) in [7, 11) is -3.63. The van der Waals surface area contributed by atoms with Gasteiger partial charge in [0.15, 0.2) is 0 Å². The molecule has 20 heavy (non-hydrogen) atoms. The third-order valence-corrected chi connectivity index (χ3v) is 5.07. The molecule has 2 rings (SSSR count). The number of nitrogens with zero attached hydrogens (tertiary/aromatic N) is 1. The Hall–Kier alpha value is -1.95. The highest BCUT2D eigenvalue weighted by atomic mass is 32.2. The molecule has 0 fully saturated rings. The number of sulfonamides is 1. The zero-order valence-electron chi connectivity index (χ0n) is 11.3. The van der Waals surface area contributed by atoms with Gasteiger partial charge in [-0.25, -0.2) is 13.1 Å². The molecule has 1 aromatic carbocycles. The maximum atomic E-state index is 12.0. The van der Waals surface area contributed by atoms with Crippen LogP contribution in [-0.4, -0.2) is 24.6 Å². The van der Waals surface area contributed by atoms with E-state index in [1.54, 1.807) is 44.3 Å². The smallest absolute Gasteiger partial charge is 0.264 e. The molecule has 0 unspecified atom stereocenters. The predicted octanol–water partition coefficient (Wildman–Crippen LogP) is 2.09. The molecule has 1 amide bonds. The largest absolute Gasteiger partial charge is 0.268 e. The van der Waals surface area contributed by atoms with Gasteiger partial charge < -0.3 is 0 Å². The molecule has 0 aliphatic rings. The van der Waals surface area contributed by atoms with Gasteiger partial charge >= 0.3 is 0 Å². The molecule has 0 saturated heterocycles. The predicted molar refractivity (Wildman–Crippen MR) is 77.9 cm³/mol. The summed E-state index contributed by atoms with van der Waals surface area (Å²) in [6.07, 6.45) is 2.11. The molecule has 0 saturated carbocycles. The Kier molecular flexibility index (Phi) is 4.04. The van der Waals surface area contributed by atoms with Crippen molar-refractivity contribution in [2.75, 3.05) is 0 Å². The molecule has 1 N–H and O–H groups in total. The lowest BCUT2D eigenvalue weighted by atomic mass is 10.1. The van der Waals surface area contributed by atoms with E-state index >= 15 is 0 Å². The van der Waals surface area contributed by atoms with Crippen LogP contribution in [0.5, 0.6) is 0 Å². The van der Waals surface area contributed by atoms with Gasteiger partial charge in [0.2, 0.25) is 10.0 Å². The van der Waals surface area contributed by atoms with Gasteiger partial charge in [0.25, 0.3) is 5.91 Å². The number of hydrogen-bond donors (Lipinski definition) is 1. The van der Waals surface area contributed by atoms with Gasteiger partial charge in [-0.2, -0.15) is 0 Å². The number of amides is 1. The molecule has 1 aromatic heterocycles. The molecule has 0 aliphatic carbocycles. The van der Waals surface area contributed by atoms with Gasteiger partial charge in [-0.3, -0.25) is 9.78 Å². The Balaban J connectivity index is 2.28. The number of fused-ring (bicyclic) bond motifs is 1. The van der Waals surface area contributed by atoms with Crippen LogP contribution in [0.2, 0.25) is 0 Å². The van der Waals surface area contributed by atoms with Gasteiger partial charge in [0.1, 0.15) is 0 Å². The fourth-order valence-corrected chi connectivity index (χ4v) is 2.74. The normalized spacial score (nSPS) is 13.1. The van der Waals surface area contributed by atoms with Crippen molar-refractivity contribution in [3.8, 4) is 0 Å². The Labute approximate surface area is 118 Å². The highest BCUT2D eigenvalue weighted by Crippen LogP contribution is 2.14. The number of rotatable bonds is 4. The Bertz CT molecular complexity index is 741. The van der Waals surface area contributed by atoms with Crippen LogP contribution in [0.3, 0.4) is 0 Å². The molecule has 0 radical (unpaired) electrons. The number of carbonyl (C=O) groups is 1. The summed E-state index contributed by atoms with van der Waals surface area (Å²) < 4.78 is 25.8. The molecule has 0 aliphatic heterocycles. The second kappa shape index (κ2) is 5.58. The Morgan fingerprint density at radius 3 is 2.80 bits per heavy atom. The average molecular weight is 292 g/mol. The van der Waals surface area contributed by atoms with Crippen molar-refractivity contribution in [1.29, 1.82) is 0 Å². The lowest BCUT2D eigenvalue weighted by Gasteiger charge is -2.12. The van der Waals surface area contributed by atoms with Crippen LogP contribution in [-0.2, 0) is 10.0 Å². The summed E-state index contributed by atoms with van der Waals surface area (Å²) in [6, 6.07) is 8.48. The molecule has 5 nitrogen and oxygen atoms in total. The van der Waals surface area contributed by atoms with Crippen LogP contribution in [0.25, 0.3) is 10.9 Å². The minimum absolute atomic E-state index is 0.303. The first-order valence-corrected chi connectivity index (χ1v) is 7.89. The maximum absolute atomic E-state index is 12.0. The van der Waals surface area contributed by atoms with Gasteiger partial charge in [0, 0.05) is 17.1 Å². The highest BCUT2D eigenvalue weighted by molar-refractivity contribution is 7.90. The van der Waals surface area contributed by atoms with E-state index in [4.69, 9.17) is 0 Å². The highest BCUT2D eigenvalue weighted by Gasteiger charge is 2.22. The fraction of sp³-hybridized carbons (Fsp3) is 0.286. The summed E-state index contributed by atoms with van der Waals surface area (Å²) >= 11 is 0. The van der Waals surface area contributed by atoms with Crippen LogP contribution < -0.4 is 4.72 Å². The molecule has 0 spiro atoms. The van der Waals surface area contributed by atoms with Crippen LogP contribution in [0.15, 0.2) is 36.5 Å². The van der Waals surface area contributed by atoms with Crippen LogP contribution in [0.4, 0.5) is 0 Å². The van der Waals surface area contributed by atoms with Crippen molar-refractivity contribution in [3.63, 3.8) is 0 Å². The Morgan fingerprint density at radius 1 is 1.35 bits per heavy atom. The minimum atomic E-state index is -3.63.